The number of nitrogens with two attached hydrogens (primary N) is 1. The number of nitrogens with zero attached hydrogens (tertiary/aromatic N) is 2. The molecule has 0 aliphatic rings. The molecule has 106 valence electrons. The van der Waals surface area contributed by atoms with Gasteiger partial charge in [-0.15, -0.1) is 11.8 Å². The number of hydrogen-bond acceptors (Lipinski definition) is 3. The Morgan fingerprint density at radius 2 is 1.90 bits per heavy atom. The lowest BCUT2D eigenvalue weighted by atomic mass is 10.3. The van der Waals surface area contributed by atoms with E-state index in [1.807, 2.05) is 47.3 Å². The van der Waals surface area contributed by atoms with Crippen LogP contribution in [-0.4, -0.2) is 9.78 Å². The molecular weight excluding hydrogens is 285 g/mol. The van der Waals surface area contributed by atoms with Crippen LogP contribution in [-0.2, 0) is 5.75 Å². The summed E-state index contributed by atoms with van der Waals surface area (Å²) in [6.07, 6.45) is 1.93. The van der Waals surface area contributed by atoms with E-state index in [9.17, 15) is 4.39 Å². The van der Waals surface area contributed by atoms with Crippen molar-refractivity contribution in [3.63, 3.8) is 0 Å². The smallest absolute Gasteiger partial charge is 0.125 e. The summed E-state index contributed by atoms with van der Waals surface area (Å²) < 4.78 is 14.8. The second-order valence-corrected chi connectivity index (χ2v) is 5.58. The van der Waals surface area contributed by atoms with Gasteiger partial charge in [0, 0.05) is 22.5 Å². The minimum atomic E-state index is -0.315. The van der Waals surface area contributed by atoms with E-state index in [0.717, 1.165) is 16.3 Å². The van der Waals surface area contributed by atoms with Gasteiger partial charge in [0.2, 0.25) is 0 Å². The molecule has 0 fully saturated rings. The lowest BCUT2D eigenvalue weighted by molar-refractivity contribution is 0.627. The van der Waals surface area contributed by atoms with Crippen LogP contribution in [0.15, 0.2) is 65.7 Å². The molecule has 0 unspecified atom stereocenters. The average Bonchev–Trinajstić information content (AvgIpc) is 2.96. The first-order chi connectivity index (χ1) is 10.2. The van der Waals surface area contributed by atoms with Crippen molar-refractivity contribution in [3.8, 4) is 5.69 Å². The second kappa shape index (κ2) is 6.01. The normalized spacial score (nSPS) is 10.7. The van der Waals surface area contributed by atoms with Crippen molar-refractivity contribution in [1.29, 1.82) is 0 Å². The predicted octanol–water partition coefficient (Wildman–Crippen LogP) is 3.89. The highest BCUT2D eigenvalue weighted by Crippen LogP contribution is 2.28. The minimum absolute atomic E-state index is 0.315. The molecular formula is C16H14FN3S. The fraction of sp³-hybridized carbons (Fsp3) is 0.0625. The van der Waals surface area contributed by atoms with Crippen LogP contribution in [0.5, 0.6) is 0 Å². The van der Waals surface area contributed by atoms with Crippen LogP contribution in [0.1, 0.15) is 5.69 Å². The summed E-state index contributed by atoms with van der Waals surface area (Å²) in [4.78, 5) is 0.866. The third kappa shape index (κ3) is 3.25. The molecule has 0 bridgehead atoms. The molecule has 3 nitrogen and oxygen atoms in total. The Labute approximate surface area is 126 Å². The zero-order chi connectivity index (χ0) is 14.7. The summed E-state index contributed by atoms with van der Waals surface area (Å²) in [5, 5.41) is 4.52. The van der Waals surface area contributed by atoms with E-state index >= 15 is 0 Å². The summed E-state index contributed by atoms with van der Waals surface area (Å²) in [5.41, 5.74) is 8.23. The van der Waals surface area contributed by atoms with Crippen molar-refractivity contribution in [3.05, 3.63) is 72.3 Å². The van der Waals surface area contributed by atoms with Gasteiger partial charge in [-0.05, 0) is 36.4 Å². The highest BCUT2D eigenvalue weighted by Gasteiger charge is 2.05. The molecule has 0 amide bonds. The number of nitrogen functional groups attached to an aromatic ring is 1. The van der Waals surface area contributed by atoms with Crippen molar-refractivity contribution >= 4 is 17.4 Å². The van der Waals surface area contributed by atoms with Gasteiger partial charge >= 0.3 is 0 Å². The number of aromatic nitrogens is 2. The molecule has 0 aliphatic carbocycles. The van der Waals surface area contributed by atoms with Gasteiger partial charge in [0.25, 0.3) is 0 Å². The van der Waals surface area contributed by atoms with Gasteiger partial charge in [0.15, 0.2) is 0 Å². The van der Waals surface area contributed by atoms with E-state index in [1.165, 1.54) is 12.1 Å². The van der Waals surface area contributed by atoms with Crippen LogP contribution in [0.3, 0.4) is 0 Å². The fourth-order valence-corrected chi connectivity index (χ4v) is 2.81. The molecule has 0 aliphatic heterocycles. The Balaban J connectivity index is 1.70. The number of benzene rings is 2. The van der Waals surface area contributed by atoms with E-state index in [0.29, 0.717) is 11.4 Å². The molecule has 21 heavy (non-hydrogen) atoms. The zero-order valence-electron chi connectivity index (χ0n) is 11.2. The van der Waals surface area contributed by atoms with Crippen LogP contribution in [0.4, 0.5) is 10.1 Å². The van der Waals surface area contributed by atoms with E-state index in [2.05, 4.69) is 5.10 Å². The van der Waals surface area contributed by atoms with Crippen molar-refractivity contribution in [2.45, 2.75) is 10.6 Å². The van der Waals surface area contributed by atoms with Gasteiger partial charge in [-0.1, -0.05) is 18.2 Å². The Morgan fingerprint density at radius 1 is 1.10 bits per heavy atom. The van der Waals surface area contributed by atoms with Gasteiger partial charge < -0.3 is 5.73 Å². The van der Waals surface area contributed by atoms with E-state index < -0.39 is 0 Å². The summed E-state index contributed by atoms with van der Waals surface area (Å²) >= 11 is 1.55. The topological polar surface area (TPSA) is 43.8 Å². The van der Waals surface area contributed by atoms with Crippen LogP contribution >= 0.6 is 11.8 Å². The summed E-state index contributed by atoms with van der Waals surface area (Å²) in [7, 11) is 0. The summed E-state index contributed by atoms with van der Waals surface area (Å²) in [6.45, 7) is 0. The first-order valence-corrected chi connectivity index (χ1v) is 7.49. The molecule has 0 atom stereocenters. The first-order valence-electron chi connectivity index (χ1n) is 6.50. The van der Waals surface area contributed by atoms with E-state index in [1.54, 1.807) is 17.8 Å². The number of rotatable bonds is 4. The Kier molecular flexibility index (Phi) is 3.92. The number of para-hydroxylation sites is 1. The lowest BCUT2D eigenvalue weighted by Crippen LogP contribution is -1.95. The highest BCUT2D eigenvalue weighted by atomic mass is 32.2. The quantitative estimate of drug-likeness (QED) is 0.587. The molecule has 0 saturated carbocycles. The van der Waals surface area contributed by atoms with Gasteiger partial charge in [-0.25, -0.2) is 9.07 Å². The Morgan fingerprint density at radius 3 is 2.67 bits per heavy atom. The maximum atomic E-state index is 13.0. The SMILES string of the molecule is Nc1cc(F)ccc1SCc1ccn(-c2ccccc2)n1. The molecule has 2 aromatic carbocycles. The number of thioether (sulfide) groups is 1. The maximum Gasteiger partial charge on any atom is 0.125 e. The minimum Gasteiger partial charge on any atom is -0.398 e. The summed E-state index contributed by atoms with van der Waals surface area (Å²) in [5.74, 6) is 0.376. The van der Waals surface area contributed by atoms with Crippen LogP contribution in [0, 0.1) is 5.82 Å². The largest absolute Gasteiger partial charge is 0.398 e. The van der Waals surface area contributed by atoms with Crippen molar-refractivity contribution < 1.29 is 4.39 Å². The molecule has 3 rings (SSSR count). The van der Waals surface area contributed by atoms with Crippen molar-refractivity contribution in [2.24, 2.45) is 0 Å². The predicted molar refractivity (Wildman–Crippen MR) is 83.9 cm³/mol. The van der Waals surface area contributed by atoms with Gasteiger partial charge in [-0.2, -0.15) is 5.10 Å². The third-order valence-electron chi connectivity index (χ3n) is 3.01. The standard InChI is InChI=1S/C16H14FN3S/c17-12-6-7-16(15(18)10-12)21-11-13-8-9-20(19-13)14-4-2-1-3-5-14/h1-10H,11,18H2. The molecule has 2 N–H and O–H groups in total. The van der Waals surface area contributed by atoms with Gasteiger partial charge in [0.05, 0.1) is 11.4 Å². The van der Waals surface area contributed by atoms with Crippen LogP contribution in [0.2, 0.25) is 0 Å². The second-order valence-electron chi connectivity index (χ2n) is 4.56. The molecule has 0 radical (unpaired) electrons. The third-order valence-corrected chi connectivity index (χ3v) is 4.14. The van der Waals surface area contributed by atoms with E-state index in [4.69, 9.17) is 5.73 Å². The molecule has 0 saturated heterocycles. The fourth-order valence-electron chi connectivity index (χ4n) is 1.97. The maximum absolute atomic E-state index is 13.0. The zero-order valence-corrected chi connectivity index (χ0v) is 12.1. The number of halogens is 1. The average molecular weight is 299 g/mol. The summed E-state index contributed by atoms with van der Waals surface area (Å²) in [6, 6.07) is 16.4. The molecule has 0 spiro atoms. The van der Waals surface area contributed by atoms with Crippen molar-refractivity contribution in [1.82, 2.24) is 9.78 Å². The van der Waals surface area contributed by atoms with Gasteiger partial charge in [-0.3, -0.25) is 0 Å². The van der Waals surface area contributed by atoms with Crippen LogP contribution < -0.4 is 5.73 Å². The molecule has 1 heterocycles. The lowest BCUT2D eigenvalue weighted by Gasteiger charge is -2.04. The number of anilines is 1. The van der Waals surface area contributed by atoms with Crippen molar-refractivity contribution in [2.75, 3.05) is 5.73 Å². The molecule has 5 heteroatoms. The molecule has 1 aromatic heterocycles. The van der Waals surface area contributed by atoms with Crippen LogP contribution in [0.25, 0.3) is 5.69 Å². The van der Waals surface area contributed by atoms with Gasteiger partial charge in [0.1, 0.15) is 5.82 Å². The number of hydrogen-bond donors (Lipinski definition) is 1. The Bertz CT molecular complexity index is 740. The monoisotopic (exact) mass is 299 g/mol. The molecule has 3 aromatic rings. The highest BCUT2D eigenvalue weighted by molar-refractivity contribution is 7.98. The van der Waals surface area contributed by atoms with E-state index in [-0.39, 0.29) is 5.82 Å². The first kappa shape index (κ1) is 13.7. The Hall–Kier alpha value is -2.27.